The van der Waals surface area contributed by atoms with Crippen LogP contribution >= 0.6 is 11.6 Å². The largest absolute Gasteiger partial charge is 0.395 e. The number of hydrogen-bond donors (Lipinski definition) is 2. The summed E-state index contributed by atoms with van der Waals surface area (Å²) in [6, 6.07) is 12.1. The smallest absolute Gasteiger partial charge is 0.254 e. The molecule has 2 aromatic carbocycles. The van der Waals surface area contributed by atoms with Crippen LogP contribution in [0.3, 0.4) is 0 Å². The van der Waals surface area contributed by atoms with Crippen molar-refractivity contribution in [2.75, 3.05) is 19.7 Å². The maximum atomic E-state index is 13.7. The van der Waals surface area contributed by atoms with E-state index in [1.165, 1.54) is 35.0 Å². The molecule has 1 atom stereocenters. The Morgan fingerprint density at radius 3 is 2.26 bits per heavy atom. The Kier molecular flexibility index (Phi) is 9.81. The Morgan fingerprint density at radius 1 is 0.947 bits per heavy atom. The van der Waals surface area contributed by atoms with Crippen LogP contribution in [-0.2, 0) is 21.4 Å². The number of hydrogen-bond acceptors (Lipinski definition) is 5. The lowest BCUT2D eigenvalue weighted by atomic mass is 9.93. The van der Waals surface area contributed by atoms with E-state index in [0.29, 0.717) is 29.1 Å². The van der Waals surface area contributed by atoms with Gasteiger partial charge in [-0.1, -0.05) is 43.0 Å². The number of carbonyl (C=O) groups excluding carboxylic acids is 2. The Bertz CT molecular complexity index is 1200. The van der Waals surface area contributed by atoms with Crippen LogP contribution in [-0.4, -0.2) is 66.3 Å². The van der Waals surface area contributed by atoms with Gasteiger partial charge in [-0.25, -0.2) is 8.42 Å². The molecule has 1 saturated heterocycles. The zero-order chi connectivity index (χ0) is 27.1. The molecule has 1 aliphatic carbocycles. The number of nitrogens with zero attached hydrogens (tertiary/aromatic N) is 2. The van der Waals surface area contributed by atoms with E-state index in [-0.39, 0.29) is 42.4 Å². The molecular weight excluding hydrogens is 526 g/mol. The van der Waals surface area contributed by atoms with Crippen molar-refractivity contribution in [3.05, 3.63) is 64.7 Å². The highest BCUT2D eigenvalue weighted by Crippen LogP contribution is 2.27. The molecule has 0 spiro atoms. The average molecular weight is 562 g/mol. The predicted octanol–water partition coefficient (Wildman–Crippen LogP) is 3.97. The van der Waals surface area contributed by atoms with Gasteiger partial charge in [0.2, 0.25) is 15.9 Å². The van der Waals surface area contributed by atoms with E-state index in [2.05, 4.69) is 5.32 Å². The first kappa shape index (κ1) is 28.5. The van der Waals surface area contributed by atoms with Gasteiger partial charge in [0.25, 0.3) is 5.91 Å². The Morgan fingerprint density at radius 2 is 1.61 bits per heavy atom. The molecule has 2 amide bonds. The van der Waals surface area contributed by atoms with E-state index in [0.717, 1.165) is 38.5 Å². The number of sulfonamides is 1. The van der Waals surface area contributed by atoms with Gasteiger partial charge in [0.05, 0.1) is 11.5 Å². The summed E-state index contributed by atoms with van der Waals surface area (Å²) in [5, 5.41) is 12.8. The predicted molar refractivity (Wildman–Crippen MR) is 146 cm³/mol. The van der Waals surface area contributed by atoms with Crippen molar-refractivity contribution in [2.24, 2.45) is 0 Å². The second kappa shape index (κ2) is 13.1. The van der Waals surface area contributed by atoms with E-state index >= 15 is 0 Å². The molecular formula is C28H36ClN3O5S. The van der Waals surface area contributed by atoms with Crippen molar-refractivity contribution in [2.45, 2.75) is 74.9 Å². The second-order valence-electron chi connectivity index (χ2n) is 10.0. The summed E-state index contributed by atoms with van der Waals surface area (Å²) in [5.41, 5.74) is 1.16. The van der Waals surface area contributed by atoms with Crippen molar-refractivity contribution in [1.29, 1.82) is 0 Å². The van der Waals surface area contributed by atoms with Gasteiger partial charge < -0.3 is 15.3 Å². The quantitative estimate of drug-likeness (QED) is 0.482. The number of benzene rings is 2. The fraction of sp³-hybridized carbons (Fsp3) is 0.500. The highest BCUT2D eigenvalue weighted by molar-refractivity contribution is 7.89. The molecule has 1 aliphatic heterocycles. The maximum Gasteiger partial charge on any atom is 0.254 e. The molecule has 206 valence electrons. The number of carbonyl (C=O) groups is 2. The molecule has 8 nitrogen and oxygen atoms in total. The molecule has 0 aromatic heterocycles. The minimum atomic E-state index is -4.02. The number of nitrogens with one attached hydrogen (secondary N) is 1. The molecule has 0 radical (unpaired) electrons. The molecule has 1 saturated carbocycles. The standard InChI is InChI=1S/C28H36ClN3O5S/c29-23-13-15-25(16-14-23)38(36,37)32(26-8-4-5-17-30-27(26)34)20-21-9-11-22(12-10-21)28(35)31(18-19-33)24-6-2-1-3-7-24/h9-16,24,26,33H,1-8,17-20H2,(H,30,34)/t26-/m1/s1. The minimum Gasteiger partial charge on any atom is -0.395 e. The third-order valence-electron chi connectivity index (χ3n) is 7.43. The normalized spacial score (nSPS) is 19.1. The van der Waals surface area contributed by atoms with Crippen LogP contribution in [0.5, 0.6) is 0 Å². The molecule has 0 unspecified atom stereocenters. The number of aliphatic hydroxyl groups excluding tert-OH is 1. The molecule has 4 rings (SSSR count). The summed E-state index contributed by atoms with van der Waals surface area (Å²) in [4.78, 5) is 28.0. The molecule has 2 aromatic rings. The monoisotopic (exact) mass is 561 g/mol. The van der Waals surface area contributed by atoms with Crippen molar-refractivity contribution >= 4 is 33.4 Å². The summed E-state index contributed by atoms with van der Waals surface area (Å²) in [6.45, 7) is 0.698. The second-order valence-corrected chi connectivity index (χ2v) is 12.3. The van der Waals surface area contributed by atoms with E-state index < -0.39 is 16.1 Å². The van der Waals surface area contributed by atoms with E-state index in [1.807, 2.05) is 0 Å². The Balaban J connectivity index is 1.59. The van der Waals surface area contributed by atoms with Gasteiger partial charge >= 0.3 is 0 Å². The fourth-order valence-electron chi connectivity index (χ4n) is 5.35. The van der Waals surface area contributed by atoms with E-state index in [4.69, 9.17) is 11.6 Å². The van der Waals surface area contributed by atoms with Gasteiger partial charge in [-0.05, 0) is 74.1 Å². The Hall–Kier alpha value is -2.46. The van der Waals surface area contributed by atoms with Crippen LogP contribution in [0.2, 0.25) is 5.02 Å². The van der Waals surface area contributed by atoms with E-state index in [1.54, 1.807) is 29.2 Å². The zero-order valence-electron chi connectivity index (χ0n) is 21.5. The maximum absolute atomic E-state index is 13.7. The third-order valence-corrected chi connectivity index (χ3v) is 9.55. The molecule has 0 bridgehead atoms. The van der Waals surface area contributed by atoms with Crippen LogP contribution < -0.4 is 5.32 Å². The average Bonchev–Trinajstić information content (AvgIpc) is 3.15. The molecule has 2 N–H and O–H groups in total. The van der Waals surface area contributed by atoms with E-state index in [9.17, 15) is 23.1 Å². The SMILES string of the molecule is O=C1NCCCC[C@H]1N(Cc1ccc(C(=O)N(CCO)C2CCCCC2)cc1)S(=O)(=O)c1ccc(Cl)cc1. The molecule has 2 aliphatic rings. The van der Waals surface area contributed by atoms with Gasteiger partial charge in [0, 0.05) is 36.3 Å². The van der Waals surface area contributed by atoms with Crippen molar-refractivity contribution in [1.82, 2.24) is 14.5 Å². The van der Waals surface area contributed by atoms with Crippen LogP contribution in [0.15, 0.2) is 53.4 Å². The third kappa shape index (κ3) is 6.75. The van der Waals surface area contributed by atoms with Gasteiger partial charge in [0.15, 0.2) is 0 Å². The number of halogens is 1. The lowest BCUT2D eigenvalue weighted by Crippen LogP contribution is -2.48. The number of aliphatic hydroxyl groups is 1. The zero-order valence-corrected chi connectivity index (χ0v) is 23.1. The summed E-state index contributed by atoms with van der Waals surface area (Å²) < 4.78 is 28.7. The topological polar surface area (TPSA) is 107 Å². The van der Waals surface area contributed by atoms with Gasteiger partial charge in [0.1, 0.15) is 6.04 Å². The molecule has 38 heavy (non-hydrogen) atoms. The van der Waals surface area contributed by atoms with Gasteiger partial charge in [-0.15, -0.1) is 0 Å². The highest BCUT2D eigenvalue weighted by atomic mass is 35.5. The number of rotatable bonds is 9. The van der Waals surface area contributed by atoms with Crippen molar-refractivity contribution in [3.63, 3.8) is 0 Å². The first-order valence-electron chi connectivity index (χ1n) is 13.4. The first-order valence-corrected chi connectivity index (χ1v) is 15.2. The van der Waals surface area contributed by atoms with Crippen LogP contribution in [0.1, 0.15) is 67.3 Å². The number of amides is 2. The molecule has 2 fully saturated rings. The first-order chi connectivity index (χ1) is 18.3. The summed E-state index contributed by atoms with van der Waals surface area (Å²) >= 11 is 5.98. The molecule has 1 heterocycles. The van der Waals surface area contributed by atoms with Gasteiger partial charge in [-0.2, -0.15) is 4.31 Å². The summed E-state index contributed by atoms with van der Waals surface area (Å²) in [7, 11) is -4.02. The minimum absolute atomic E-state index is 0.0134. The van der Waals surface area contributed by atoms with Crippen LogP contribution in [0.25, 0.3) is 0 Å². The van der Waals surface area contributed by atoms with Crippen molar-refractivity contribution in [3.8, 4) is 0 Å². The van der Waals surface area contributed by atoms with Crippen LogP contribution in [0.4, 0.5) is 0 Å². The Labute approximate surface area is 230 Å². The van der Waals surface area contributed by atoms with Crippen molar-refractivity contribution < 1.29 is 23.1 Å². The lowest BCUT2D eigenvalue weighted by molar-refractivity contribution is -0.124. The summed E-state index contributed by atoms with van der Waals surface area (Å²) in [6.07, 6.45) is 7.13. The highest BCUT2D eigenvalue weighted by Gasteiger charge is 2.36. The van der Waals surface area contributed by atoms with Gasteiger partial charge in [-0.3, -0.25) is 9.59 Å². The lowest BCUT2D eigenvalue weighted by Gasteiger charge is -2.34. The van der Waals surface area contributed by atoms with Crippen LogP contribution in [0, 0.1) is 0 Å². The fourth-order valence-corrected chi connectivity index (χ4v) is 7.08. The summed E-state index contributed by atoms with van der Waals surface area (Å²) in [5.74, 6) is -0.440. The molecule has 10 heteroatoms.